The Morgan fingerprint density at radius 3 is 2.80 bits per heavy atom. The number of hydrogen-bond donors (Lipinski definition) is 2. The summed E-state index contributed by atoms with van der Waals surface area (Å²) >= 11 is 0. The van der Waals surface area contributed by atoms with Crippen LogP contribution in [-0.2, 0) is 11.2 Å². The van der Waals surface area contributed by atoms with Crippen LogP contribution in [-0.4, -0.2) is 12.0 Å². The maximum Gasteiger partial charge on any atom is 0.261 e. The molecule has 2 unspecified atom stereocenters. The first-order valence-corrected chi connectivity index (χ1v) is 8.24. The third-order valence-corrected chi connectivity index (χ3v) is 4.37. The summed E-state index contributed by atoms with van der Waals surface area (Å²) in [7, 11) is 0. The number of aryl methyl sites for hydroxylation is 1. The van der Waals surface area contributed by atoms with E-state index >= 15 is 0 Å². The van der Waals surface area contributed by atoms with Crippen LogP contribution in [0.25, 0.3) is 0 Å². The van der Waals surface area contributed by atoms with Crippen molar-refractivity contribution in [3.05, 3.63) is 59.2 Å². The van der Waals surface area contributed by atoms with Gasteiger partial charge in [-0.2, -0.15) is 0 Å². The van der Waals surface area contributed by atoms with Crippen LogP contribution < -0.4 is 15.8 Å². The summed E-state index contributed by atoms with van der Waals surface area (Å²) in [6.07, 6.45) is 1.90. The molecule has 2 atom stereocenters. The molecule has 6 heteroatoms. The van der Waals surface area contributed by atoms with Gasteiger partial charge in [0.1, 0.15) is 5.75 Å². The molecule has 0 saturated carbocycles. The predicted octanol–water partition coefficient (Wildman–Crippen LogP) is 3.51. The fourth-order valence-corrected chi connectivity index (χ4v) is 3.08. The number of nitrogens with one attached hydrogen (secondary N) is 1. The average Bonchev–Trinajstić information content (AvgIpc) is 2.58. The number of hydrogen-bond acceptors (Lipinski definition) is 3. The number of rotatable bonds is 4. The van der Waals surface area contributed by atoms with E-state index in [-0.39, 0.29) is 17.7 Å². The first-order chi connectivity index (χ1) is 11.9. The lowest BCUT2D eigenvalue weighted by Gasteiger charge is -2.28. The largest absolute Gasteiger partial charge is 0.481 e. The van der Waals surface area contributed by atoms with Crippen molar-refractivity contribution in [1.29, 1.82) is 0 Å². The molecule has 3 N–H and O–H groups in total. The van der Waals surface area contributed by atoms with Crippen molar-refractivity contribution in [2.75, 3.05) is 5.73 Å². The molecule has 2 aromatic rings. The monoisotopic (exact) mass is 346 g/mol. The lowest BCUT2D eigenvalue weighted by atomic mass is 9.87. The molecule has 0 aromatic heterocycles. The SMILES string of the molecule is CC(Oc1ccc(F)c(F)c1)C(=O)NC1CCCc2cc(N)ccc21. The molecule has 25 heavy (non-hydrogen) atoms. The summed E-state index contributed by atoms with van der Waals surface area (Å²) in [5.74, 6) is -2.16. The van der Waals surface area contributed by atoms with Crippen molar-refractivity contribution < 1.29 is 18.3 Å². The fourth-order valence-electron chi connectivity index (χ4n) is 3.08. The zero-order valence-electron chi connectivity index (χ0n) is 13.9. The fraction of sp³-hybridized carbons (Fsp3) is 0.316. The van der Waals surface area contributed by atoms with Crippen molar-refractivity contribution in [3.8, 4) is 5.75 Å². The second kappa shape index (κ2) is 7.09. The van der Waals surface area contributed by atoms with Gasteiger partial charge in [-0.1, -0.05) is 6.07 Å². The number of benzene rings is 2. The van der Waals surface area contributed by atoms with Crippen LogP contribution >= 0.6 is 0 Å². The van der Waals surface area contributed by atoms with Gasteiger partial charge in [0.15, 0.2) is 17.7 Å². The van der Waals surface area contributed by atoms with Gasteiger partial charge < -0.3 is 15.8 Å². The maximum absolute atomic E-state index is 13.2. The molecule has 0 fully saturated rings. The number of amides is 1. The molecule has 4 nitrogen and oxygen atoms in total. The Balaban J connectivity index is 1.67. The van der Waals surface area contributed by atoms with E-state index < -0.39 is 17.7 Å². The second-order valence-electron chi connectivity index (χ2n) is 6.25. The normalized spacial score (nSPS) is 17.5. The predicted molar refractivity (Wildman–Crippen MR) is 91.1 cm³/mol. The Morgan fingerprint density at radius 2 is 2.04 bits per heavy atom. The average molecular weight is 346 g/mol. The molecular weight excluding hydrogens is 326 g/mol. The molecule has 0 saturated heterocycles. The second-order valence-corrected chi connectivity index (χ2v) is 6.25. The summed E-state index contributed by atoms with van der Waals surface area (Å²) in [6.45, 7) is 1.57. The lowest BCUT2D eigenvalue weighted by molar-refractivity contribution is -0.128. The molecule has 1 aliphatic carbocycles. The van der Waals surface area contributed by atoms with Gasteiger partial charge in [0.25, 0.3) is 5.91 Å². The van der Waals surface area contributed by atoms with Crippen molar-refractivity contribution in [3.63, 3.8) is 0 Å². The minimum Gasteiger partial charge on any atom is -0.481 e. The van der Waals surface area contributed by atoms with Crippen LogP contribution in [0.4, 0.5) is 14.5 Å². The topological polar surface area (TPSA) is 64.3 Å². The quantitative estimate of drug-likeness (QED) is 0.833. The third-order valence-electron chi connectivity index (χ3n) is 4.37. The first-order valence-electron chi connectivity index (χ1n) is 8.24. The van der Waals surface area contributed by atoms with E-state index in [4.69, 9.17) is 10.5 Å². The Morgan fingerprint density at radius 1 is 1.24 bits per heavy atom. The summed E-state index contributed by atoms with van der Waals surface area (Å²) in [5, 5.41) is 2.97. The van der Waals surface area contributed by atoms with Gasteiger partial charge in [-0.15, -0.1) is 0 Å². The van der Waals surface area contributed by atoms with Gasteiger partial charge >= 0.3 is 0 Å². The van der Waals surface area contributed by atoms with Gasteiger partial charge in [-0.25, -0.2) is 8.78 Å². The maximum atomic E-state index is 13.2. The van der Waals surface area contributed by atoms with Gasteiger partial charge in [-0.3, -0.25) is 4.79 Å². The van der Waals surface area contributed by atoms with Gasteiger partial charge in [0, 0.05) is 11.8 Å². The van der Waals surface area contributed by atoms with Crippen LogP contribution in [0.1, 0.15) is 36.9 Å². The number of nitrogen functional groups attached to an aromatic ring is 1. The highest BCUT2D eigenvalue weighted by Crippen LogP contribution is 2.31. The number of ether oxygens (including phenoxy) is 1. The Kier molecular flexibility index (Phi) is 4.88. The van der Waals surface area contributed by atoms with E-state index in [2.05, 4.69) is 5.32 Å². The standard InChI is InChI=1S/C19H20F2N2O2/c1-11(25-14-6-8-16(20)17(21)10-14)19(24)23-18-4-2-3-12-9-13(22)5-7-15(12)18/h5-11,18H,2-4,22H2,1H3,(H,23,24). The van der Waals surface area contributed by atoms with Crippen LogP contribution in [0.3, 0.4) is 0 Å². The highest BCUT2D eigenvalue weighted by Gasteiger charge is 2.24. The van der Waals surface area contributed by atoms with Crippen molar-refractivity contribution in [2.45, 2.75) is 38.3 Å². The van der Waals surface area contributed by atoms with E-state index in [0.717, 1.165) is 42.5 Å². The number of fused-ring (bicyclic) bond motifs is 1. The summed E-state index contributed by atoms with van der Waals surface area (Å²) in [4.78, 5) is 12.4. The molecule has 0 spiro atoms. The van der Waals surface area contributed by atoms with E-state index in [1.807, 2.05) is 18.2 Å². The molecule has 1 aliphatic rings. The number of anilines is 1. The van der Waals surface area contributed by atoms with E-state index in [9.17, 15) is 13.6 Å². The van der Waals surface area contributed by atoms with Gasteiger partial charge in [-0.05, 0) is 61.6 Å². The number of carbonyl (C=O) groups excluding carboxylic acids is 1. The van der Waals surface area contributed by atoms with E-state index in [0.29, 0.717) is 5.69 Å². The molecule has 1 amide bonds. The van der Waals surface area contributed by atoms with Crippen LogP contribution in [0.15, 0.2) is 36.4 Å². The highest BCUT2D eigenvalue weighted by atomic mass is 19.2. The minimum absolute atomic E-state index is 0.104. The summed E-state index contributed by atoms with van der Waals surface area (Å²) < 4.78 is 31.6. The van der Waals surface area contributed by atoms with Crippen LogP contribution in [0.2, 0.25) is 0 Å². The number of halogens is 2. The zero-order chi connectivity index (χ0) is 18.0. The molecule has 2 aromatic carbocycles. The smallest absolute Gasteiger partial charge is 0.261 e. The molecule has 0 heterocycles. The summed E-state index contributed by atoms with van der Waals surface area (Å²) in [6, 6.07) is 8.79. The Hall–Kier alpha value is -2.63. The number of carbonyl (C=O) groups is 1. The Bertz CT molecular complexity index is 795. The van der Waals surface area contributed by atoms with Gasteiger partial charge in [0.2, 0.25) is 0 Å². The minimum atomic E-state index is -1.01. The first kappa shape index (κ1) is 17.2. The van der Waals surface area contributed by atoms with Crippen LogP contribution in [0, 0.1) is 11.6 Å². The Labute approximate surface area is 145 Å². The van der Waals surface area contributed by atoms with Crippen molar-refractivity contribution in [2.24, 2.45) is 0 Å². The van der Waals surface area contributed by atoms with Crippen LogP contribution in [0.5, 0.6) is 5.75 Å². The molecule has 3 rings (SSSR count). The molecule has 0 bridgehead atoms. The van der Waals surface area contributed by atoms with Gasteiger partial charge in [0.05, 0.1) is 6.04 Å². The van der Waals surface area contributed by atoms with Crippen molar-refractivity contribution in [1.82, 2.24) is 5.32 Å². The molecule has 132 valence electrons. The summed E-state index contributed by atoms with van der Waals surface area (Å²) in [5.41, 5.74) is 8.74. The van der Waals surface area contributed by atoms with E-state index in [1.165, 1.54) is 6.07 Å². The van der Waals surface area contributed by atoms with E-state index in [1.54, 1.807) is 6.92 Å². The third kappa shape index (κ3) is 3.90. The zero-order valence-corrected chi connectivity index (χ0v) is 13.9. The molecule has 0 radical (unpaired) electrons. The molecule has 0 aliphatic heterocycles. The number of nitrogens with two attached hydrogens (primary N) is 1. The lowest BCUT2D eigenvalue weighted by Crippen LogP contribution is -2.39. The molecular formula is C19H20F2N2O2. The van der Waals surface area contributed by atoms with Crippen molar-refractivity contribution >= 4 is 11.6 Å². The highest BCUT2D eigenvalue weighted by molar-refractivity contribution is 5.81.